The lowest BCUT2D eigenvalue weighted by Gasteiger charge is -2.35. The average Bonchev–Trinajstić information content (AvgIpc) is 2.96. The van der Waals surface area contributed by atoms with Gasteiger partial charge in [-0.3, -0.25) is 4.90 Å². The van der Waals surface area contributed by atoms with E-state index < -0.39 is 0 Å². The zero-order valence-corrected chi connectivity index (χ0v) is 12.9. The summed E-state index contributed by atoms with van der Waals surface area (Å²) in [7, 11) is 1.73. The first-order valence-corrected chi connectivity index (χ1v) is 7.98. The minimum Gasteiger partial charge on any atom is -0.380 e. The van der Waals surface area contributed by atoms with Crippen molar-refractivity contribution in [2.75, 3.05) is 33.4 Å². The summed E-state index contributed by atoms with van der Waals surface area (Å²) in [6.07, 6.45) is 2.98. The van der Waals surface area contributed by atoms with E-state index in [1.54, 1.807) is 7.11 Å². The third-order valence-electron chi connectivity index (χ3n) is 4.47. The molecule has 3 rings (SSSR count). The quantitative estimate of drug-likeness (QED) is 0.866. The molecule has 2 unspecified atom stereocenters. The van der Waals surface area contributed by atoms with E-state index >= 15 is 0 Å². The van der Waals surface area contributed by atoms with Gasteiger partial charge >= 0.3 is 0 Å². The summed E-state index contributed by atoms with van der Waals surface area (Å²) in [4.78, 5) is 2.59. The van der Waals surface area contributed by atoms with Crippen molar-refractivity contribution in [3.8, 4) is 0 Å². The summed E-state index contributed by atoms with van der Waals surface area (Å²) >= 11 is 0. The number of fused-ring (bicyclic) bond motifs is 1. The van der Waals surface area contributed by atoms with Crippen molar-refractivity contribution in [1.82, 2.24) is 10.2 Å². The van der Waals surface area contributed by atoms with E-state index in [0.29, 0.717) is 18.8 Å². The number of hydrogen-bond acceptors (Lipinski definition) is 4. The molecule has 1 N–H and O–H groups in total. The molecule has 2 saturated heterocycles. The minimum absolute atomic E-state index is 0.335. The van der Waals surface area contributed by atoms with E-state index in [9.17, 15) is 0 Å². The highest BCUT2D eigenvalue weighted by atomic mass is 16.5. The van der Waals surface area contributed by atoms with E-state index in [0.717, 1.165) is 26.2 Å². The van der Waals surface area contributed by atoms with Gasteiger partial charge in [0.1, 0.15) is 0 Å². The van der Waals surface area contributed by atoms with Crippen LogP contribution in [0.25, 0.3) is 0 Å². The lowest BCUT2D eigenvalue weighted by molar-refractivity contribution is -0.0470. The summed E-state index contributed by atoms with van der Waals surface area (Å²) in [6, 6.07) is 9.24. The van der Waals surface area contributed by atoms with Crippen molar-refractivity contribution in [2.24, 2.45) is 0 Å². The number of nitrogens with one attached hydrogen (secondary N) is 1. The van der Waals surface area contributed by atoms with E-state index in [4.69, 9.17) is 9.47 Å². The molecule has 0 saturated carbocycles. The number of hydrogen-bond donors (Lipinski definition) is 1. The van der Waals surface area contributed by atoms with Gasteiger partial charge in [0.05, 0.1) is 19.3 Å². The lowest BCUT2D eigenvalue weighted by atomic mass is 10.1. The number of benzene rings is 1. The molecule has 0 bridgehead atoms. The van der Waals surface area contributed by atoms with Crippen molar-refractivity contribution in [1.29, 1.82) is 0 Å². The first kappa shape index (κ1) is 15.0. The Labute approximate surface area is 127 Å². The second kappa shape index (κ2) is 7.36. The molecule has 4 heteroatoms. The largest absolute Gasteiger partial charge is 0.380 e. The van der Waals surface area contributed by atoms with Gasteiger partial charge in [0.25, 0.3) is 0 Å². The first-order chi connectivity index (χ1) is 10.3. The summed E-state index contributed by atoms with van der Waals surface area (Å²) in [5.41, 5.74) is 2.53. The smallest absolute Gasteiger partial charge is 0.0827 e. The molecule has 116 valence electrons. The molecule has 1 aromatic carbocycles. The highest BCUT2D eigenvalue weighted by Gasteiger charge is 2.31. The molecule has 2 aliphatic heterocycles. The molecule has 0 aromatic heterocycles. The van der Waals surface area contributed by atoms with Crippen molar-refractivity contribution < 1.29 is 9.47 Å². The van der Waals surface area contributed by atoms with Crippen LogP contribution in [-0.4, -0.2) is 50.4 Å². The number of morpholine rings is 1. The van der Waals surface area contributed by atoms with Crippen LogP contribution < -0.4 is 5.32 Å². The summed E-state index contributed by atoms with van der Waals surface area (Å²) in [5, 5.41) is 3.53. The van der Waals surface area contributed by atoms with Gasteiger partial charge in [-0.05, 0) is 30.5 Å². The van der Waals surface area contributed by atoms with Crippen molar-refractivity contribution in [2.45, 2.75) is 38.1 Å². The van der Waals surface area contributed by atoms with Gasteiger partial charge in [-0.25, -0.2) is 0 Å². The van der Waals surface area contributed by atoms with Crippen LogP contribution in [0.5, 0.6) is 0 Å². The maximum atomic E-state index is 5.97. The number of rotatable bonds is 6. The van der Waals surface area contributed by atoms with Crippen LogP contribution in [0.2, 0.25) is 0 Å². The molecule has 2 aliphatic rings. The van der Waals surface area contributed by atoms with Crippen molar-refractivity contribution >= 4 is 0 Å². The topological polar surface area (TPSA) is 33.7 Å². The SMILES string of the molecule is COCc1cccc(CNCC2CN3CCCC3CO2)c1. The number of nitrogens with zero attached hydrogens (tertiary/aromatic N) is 1. The highest BCUT2D eigenvalue weighted by Crippen LogP contribution is 2.22. The van der Waals surface area contributed by atoms with Crippen LogP contribution in [0.15, 0.2) is 24.3 Å². The fourth-order valence-electron chi connectivity index (χ4n) is 3.38. The summed E-state index contributed by atoms with van der Waals surface area (Å²) in [6.45, 7) is 5.75. The van der Waals surface area contributed by atoms with Crippen LogP contribution in [0.1, 0.15) is 24.0 Å². The van der Waals surface area contributed by atoms with Gasteiger partial charge in [-0.2, -0.15) is 0 Å². The fraction of sp³-hybridized carbons (Fsp3) is 0.647. The Hall–Kier alpha value is -0.940. The van der Waals surface area contributed by atoms with E-state index in [1.165, 1.54) is 30.5 Å². The third kappa shape index (κ3) is 4.04. The molecule has 0 radical (unpaired) electrons. The fourth-order valence-corrected chi connectivity index (χ4v) is 3.38. The minimum atomic E-state index is 0.335. The molecular weight excluding hydrogens is 264 g/mol. The molecular formula is C17H26N2O2. The maximum absolute atomic E-state index is 5.97. The van der Waals surface area contributed by atoms with E-state index in [2.05, 4.69) is 34.5 Å². The Kier molecular flexibility index (Phi) is 5.25. The van der Waals surface area contributed by atoms with Crippen LogP contribution in [0.3, 0.4) is 0 Å². The molecule has 2 fully saturated rings. The molecule has 21 heavy (non-hydrogen) atoms. The Bertz CT molecular complexity index is 452. The second-order valence-electron chi connectivity index (χ2n) is 6.13. The molecule has 4 nitrogen and oxygen atoms in total. The van der Waals surface area contributed by atoms with Gasteiger partial charge in [0, 0.05) is 32.8 Å². The van der Waals surface area contributed by atoms with Crippen molar-refractivity contribution in [3.63, 3.8) is 0 Å². The summed E-state index contributed by atoms with van der Waals surface area (Å²) < 4.78 is 11.1. The molecule has 0 aliphatic carbocycles. The van der Waals surface area contributed by atoms with E-state index in [1.807, 2.05) is 0 Å². The second-order valence-corrected chi connectivity index (χ2v) is 6.13. The zero-order chi connectivity index (χ0) is 14.5. The zero-order valence-electron chi connectivity index (χ0n) is 12.9. The predicted octanol–water partition coefficient (Wildman–Crippen LogP) is 1.79. The number of ether oxygens (including phenoxy) is 2. The average molecular weight is 290 g/mol. The summed E-state index contributed by atoms with van der Waals surface area (Å²) in [5.74, 6) is 0. The molecule has 0 spiro atoms. The van der Waals surface area contributed by atoms with Gasteiger partial charge in [0.15, 0.2) is 0 Å². The molecule has 1 aromatic rings. The standard InChI is InChI=1S/C17H26N2O2/c1-20-12-15-5-2-4-14(8-15)9-18-10-17-11-19-7-3-6-16(19)13-21-17/h2,4-5,8,16-18H,3,6-7,9-13H2,1H3. The van der Waals surface area contributed by atoms with Crippen LogP contribution >= 0.6 is 0 Å². The first-order valence-electron chi connectivity index (χ1n) is 7.98. The van der Waals surface area contributed by atoms with Crippen LogP contribution in [0.4, 0.5) is 0 Å². The van der Waals surface area contributed by atoms with Crippen LogP contribution in [-0.2, 0) is 22.6 Å². The van der Waals surface area contributed by atoms with Gasteiger partial charge < -0.3 is 14.8 Å². The maximum Gasteiger partial charge on any atom is 0.0827 e. The molecule has 2 atom stereocenters. The normalized spacial score (nSPS) is 26.0. The molecule has 0 amide bonds. The number of methoxy groups -OCH3 is 1. The Balaban J connectivity index is 1.42. The monoisotopic (exact) mass is 290 g/mol. The van der Waals surface area contributed by atoms with Gasteiger partial charge in [0.2, 0.25) is 0 Å². The third-order valence-corrected chi connectivity index (χ3v) is 4.47. The Morgan fingerprint density at radius 3 is 3.19 bits per heavy atom. The predicted molar refractivity (Wildman–Crippen MR) is 83.2 cm³/mol. The van der Waals surface area contributed by atoms with Gasteiger partial charge in [-0.15, -0.1) is 0 Å². The van der Waals surface area contributed by atoms with Crippen molar-refractivity contribution in [3.05, 3.63) is 35.4 Å². The Morgan fingerprint density at radius 1 is 1.38 bits per heavy atom. The Morgan fingerprint density at radius 2 is 2.29 bits per heavy atom. The molecule has 2 heterocycles. The van der Waals surface area contributed by atoms with Crippen LogP contribution in [0, 0.1) is 0 Å². The lowest BCUT2D eigenvalue weighted by Crippen LogP contribution is -2.49. The van der Waals surface area contributed by atoms with Gasteiger partial charge in [-0.1, -0.05) is 24.3 Å². The van der Waals surface area contributed by atoms with E-state index in [-0.39, 0.29) is 0 Å². The highest BCUT2D eigenvalue weighted by molar-refractivity contribution is 5.22.